The van der Waals surface area contributed by atoms with E-state index in [1.807, 2.05) is 56.3 Å². The van der Waals surface area contributed by atoms with Gasteiger partial charge in [0, 0.05) is 33.2 Å². The van der Waals surface area contributed by atoms with Crippen molar-refractivity contribution in [2.45, 2.75) is 40.3 Å². The highest BCUT2D eigenvalue weighted by Crippen LogP contribution is 2.14. The molecule has 28 heavy (non-hydrogen) atoms. The minimum atomic E-state index is -0.113. The second-order valence-electron chi connectivity index (χ2n) is 6.74. The number of furan rings is 1. The molecule has 0 saturated carbocycles. The molecule has 1 aromatic heterocycles. The molecule has 2 aromatic rings. The number of hydrogen-bond acceptors (Lipinski definition) is 4. The lowest BCUT2D eigenvalue weighted by atomic mass is 10.2. The summed E-state index contributed by atoms with van der Waals surface area (Å²) in [5.41, 5.74) is 1.03. The van der Waals surface area contributed by atoms with Crippen LogP contribution in [0.4, 0.5) is 0 Å². The average Bonchev–Trinajstić information content (AvgIpc) is 3.09. The van der Waals surface area contributed by atoms with Crippen molar-refractivity contribution in [1.29, 1.82) is 0 Å². The summed E-state index contributed by atoms with van der Waals surface area (Å²) in [6.07, 6.45) is 0.705. The van der Waals surface area contributed by atoms with Crippen LogP contribution < -0.4 is 0 Å². The number of aryl methyl sites for hydroxylation is 1. The molecule has 0 N–H and O–H groups in total. The summed E-state index contributed by atoms with van der Waals surface area (Å²) in [6, 6.07) is 13.6. The van der Waals surface area contributed by atoms with E-state index in [1.54, 1.807) is 9.80 Å². The fraction of sp³-hybridized carbons (Fsp3) is 0.455. The van der Waals surface area contributed by atoms with E-state index < -0.39 is 0 Å². The van der Waals surface area contributed by atoms with Gasteiger partial charge in [-0.25, -0.2) is 0 Å². The summed E-state index contributed by atoms with van der Waals surface area (Å²) in [4.78, 5) is 28.3. The average molecular weight is 386 g/mol. The lowest BCUT2D eigenvalue weighted by molar-refractivity contribution is -0.140. The lowest BCUT2D eigenvalue weighted by Crippen LogP contribution is -2.42. The third-order valence-electron chi connectivity index (χ3n) is 4.40. The van der Waals surface area contributed by atoms with E-state index >= 15 is 0 Å². The highest BCUT2D eigenvalue weighted by atomic mass is 16.5. The van der Waals surface area contributed by atoms with Gasteiger partial charge in [0.25, 0.3) is 0 Å². The van der Waals surface area contributed by atoms with Crippen molar-refractivity contribution < 1.29 is 18.7 Å². The zero-order valence-electron chi connectivity index (χ0n) is 17.0. The molecule has 1 aromatic carbocycles. The van der Waals surface area contributed by atoms with Crippen LogP contribution in [0.3, 0.4) is 0 Å². The molecule has 0 radical (unpaired) electrons. The van der Waals surface area contributed by atoms with Crippen LogP contribution >= 0.6 is 0 Å². The van der Waals surface area contributed by atoms with Crippen molar-refractivity contribution in [3.05, 3.63) is 59.5 Å². The van der Waals surface area contributed by atoms with Crippen LogP contribution in [0.2, 0.25) is 0 Å². The van der Waals surface area contributed by atoms with Gasteiger partial charge in [-0.05, 0) is 38.0 Å². The molecule has 0 aliphatic rings. The van der Waals surface area contributed by atoms with Crippen LogP contribution in [0.5, 0.6) is 0 Å². The molecule has 0 saturated heterocycles. The summed E-state index contributed by atoms with van der Waals surface area (Å²) in [7, 11) is 0. The first-order valence-corrected chi connectivity index (χ1v) is 9.70. The third-order valence-corrected chi connectivity index (χ3v) is 4.40. The Labute approximate surface area is 167 Å². The Hall–Kier alpha value is -2.60. The zero-order valence-corrected chi connectivity index (χ0v) is 17.0. The number of nitrogens with zero attached hydrogens (tertiary/aromatic N) is 2. The summed E-state index contributed by atoms with van der Waals surface area (Å²) < 4.78 is 11.0. The Balaban J connectivity index is 2.06. The van der Waals surface area contributed by atoms with Crippen molar-refractivity contribution in [1.82, 2.24) is 9.80 Å². The van der Waals surface area contributed by atoms with E-state index in [2.05, 4.69) is 0 Å². The molecule has 0 unspecified atom stereocenters. The molecule has 2 rings (SSSR count). The van der Waals surface area contributed by atoms with E-state index in [0.29, 0.717) is 39.3 Å². The second kappa shape index (κ2) is 11.3. The Morgan fingerprint density at radius 3 is 2.39 bits per heavy atom. The minimum absolute atomic E-state index is 0.0496. The monoisotopic (exact) mass is 386 g/mol. The predicted molar refractivity (Wildman–Crippen MR) is 108 cm³/mol. The lowest BCUT2D eigenvalue weighted by Gasteiger charge is -2.27. The Morgan fingerprint density at radius 2 is 1.79 bits per heavy atom. The van der Waals surface area contributed by atoms with Crippen LogP contribution in [0, 0.1) is 6.92 Å². The number of hydrogen-bond donors (Lipinski definition) is 0. The number of carbonyl (C=O) groups excluding carboxylic acids is 2. The van der Waals surface area contributed by atoms with Crippen molar-refractivity contribution in [3.8, 4) is 0 Å². The van der Waals surface area contributed by atoms with Crippen molar-refractivity contribution in [2.24, 2.45) is 0 Å². The van der Waals surface area contributed by atoms with Gasteiger partial charge in [0.05, 0.1) is 13.1 Å². The van der Waals surface area contributed by atoms with Gasteiger partial charge < -0.3 is 19.0 Å². The Kier molecular flexibility index (Phi) is 8.75. The van der Waals surface area contributed by atoms with Crippen LogP contribution in [0.1, 0.15) is 37.4 Å². The first kappa shape index (κ1) is 21.7. The Morgan fingerprint density at radius 1 is 1.04 bits per heavy atom. The molecule has 6 nitrogen and oxygen atoms in total. The molecule has 0 fully saturated rings. The van der Waals surface area contributed by atoms with Crippen molar-refractivity contribution >= 4 is 11.8 Å². The highest BCUT2D eigenvalue weighted by molar-refractivity contribution is 5.83. The normalized spacial score (nSPS) is 10.7. The van der Waals surface area contributed by atoms with Crippen molar-refractivity contribution in [3.63, 3.8) is 0 Å². The van der Waals surface area contributed by atoms with Gasteiger partial charge >= 0.3 is 0 Å². The summed E-state index contributed by atoms with van der Waals surface area (Å²) in [6.45, 7) is 7.91. The predicted octanol–water partition coefficient (Wildman–Crippen LogP) is 3.39. The standard InChI is InChI=1S/C22H30N2O4/c1-4-27-14-8-13-23(19(3)25)17-22(26)24(15-20-9-6-5-7-10-20)16-21-12-11-18(2)28-21/h5-7,9-12H,4,8,13-17H2,1-3H3. The van der Waals surface area contributed by atoms with Gasteiger partial charge in [-0.2, -0.15) is 0 Å². The summed E-state index contributed by atoms with van der Waals surface area (Å²) >= 11 is 0. The van der Waals surface area contributed by atoms with Crippen molar-refractivity contribution in [2.75, 3.05) is 26.3 Å². The molecular formula is C22H30N2O4. The SMILES string of the molecule is CCOCCCN(CC(=O)N(Cc1ccccc1)Cc1ccc(C)o1)C(C)=O. The van der Waals surface area contributed by atoms with E-state index in [0.717, 1.165) is 17.1 Å². The maximum atomic E-state index is 13.0. The van der Waals surface area contributed by atoms with E-state index in [-0.39, 0.29) is 18.4 Å². The molecule has 0 atom stereocenters. The number of amides is 2. The van der Waals surface area contributed by atoms with E-state index in [4.69, 9.17) is 9.15 Å². The number of rotatable bonds is 11. The maximum Gasteiger partial charge on any atom is 0.242 e. The number of benzene rings is 1. The minimum Gasteiger partial charge on any atom is -0.464 e. The second-order valence-corrected chi connectivity index (χ2v) is 6.74. The molecule has 0 spiro atoms. The van der Waals surface area contributed by atoms with Gasteiger partial charge in [0.1, 0.15) is 11.5 Å². The molecule has 1 heterocycles. The fourth-order valence-electron chi connectivity index (χ4n) is 2.91. The van der Waals surface area contributed by atoms with Gasteiger partial charge in [-0.15, -0.1) is 0 Å². The van der Waals surface area contributed by atoms with Gasteiger partial charge in [0.2, 0.25) is 11.8 Å². The van der Waals surface area contributed by atoms with E-state index in [1.165, 1.54) is 6.92 Å². The number of carbonyl (C=O) groups is 2. The molecule has 0 aliphatic heterocycles. The molecular weight excluding hydrogens is 356 g/mol. The molecule has 0 aliphatic carbocycles. The molecule has 0 bridgehead atoms. The summed E-state index contributed by atoms with van der Waals surface area (Å²) in [5, 5.41) is 0. The smallest absolute Gasteiger partial charge is 0.242 e. The number of ether oxygens (including phenoxy) is 1. The quantitative estimate of drug-likeness (QED) is 0.555. The Bertz CT molecular complexity index is 742. The summed E-state index contributed by atoms with van der Waals surface area (Å²) in [5.74, 6) is 1.32. The van der Waals surface area contributed by atoms with Gasteiger partial charge in [-0.1, -0.05) is 30.3 Å². The van der Waals surface area contributed by atoms with Crippen LogP contribution in [0.25, 0.3) is 0 Å². The first-order chi connectivity index (χ1) is 13.5. The zero-order chi connectivity index (χ0) is 20.4. The van der Waals surface area contributed by atoms with Crippen LogP contribution in [-0.4, -0.2) is 47.9 Å². The maximum absolute atomic E-state index is 13.0. The van der Waals surface area contributed by atoms with Crippen LogP contribution in [0.15, 0.2) is 46.9 Å². The molecule has 2 amide bonds. The highest BCUT2D eigenvalue weighted by Gasteiger charge is 2.20. The topological polar surface area (TPSA) is 63.0 Å². The molecule has 152 valence electrons. The van der Waals surface area contributed by atoms with Crippen LogP contribution in [-0.2, 0) is 27.4 Å². The van der Waals surface area contributed by atoms with E-state index in [9.17, 15) is 9.59 Å². The molecule has 6 heteroatoms. The largest absolute Gasteiger partial charge is 0.464 e. The first-order valence-electron chi connectivity index (χ1n) is 9.70. The third kappa shape index (κ3) is 7.19. The van der Waals surface area contributed by atoms with Gasteiger partial charge in [-0.3, -0.25) is 9.59 Å². The van der Waals surface area contributed by atoms with Gasteiger partial charge in [0.15, 0.2) is 0 Å². The fourth-order valence-corrected chi connectivity index (χ4v) is 2.91.